The summed E-state index contributed by atoms with van der Waals surface area (Å²) >= 11 is 0. The van der Waals surface area contributed by atoms with E-state index in [0.717, 1.165) is 28.7 Å². The second kappa shape index (κ2) is 11.7. The van der Waals surface area contributed by atoms with Crippen LogP contribution in [0.1, 0.15) is 63.6 Å². The number of carbonyl (C=O) groups is 1. The lowest BCUT2D eigenvalue weighted by Gasteiger charge is -2.26. The number of rotatable bonds is 9. The van der Waals surface area contributed by atoms with Gasteiger partial charge in [-0.15, -0.1) is 0 Å². The first-order valence-electron chi connectivity index (χ1n) is 10.1. The quantitative estimate of drug-likeness (QED) is 0.226. The summed E-state index contributed by atoms with van der Waals surface area (Å²) in [7, 11) is 0. The Labute approximate surface area is 180 Å². The van der Waals surface area contributed by atoms with Gasteiger partial charge in [0.1, 0.15) is 0 Å². The molecular formula is C26H32N2O2. The van der Waals surface area contributed by atoms with Gasteiger partial charge in [-0.25, -0.2) is 0 Å². The van der Waals surface area contributed by atoms with Gasteiger partial charge in [0.05, 0.1) is 18.2 Å². The fourth-order valence-corrected chi connectivity index (χ4v) is 3.26. The number of ether oxygens (including phenoxy) is 1. The van der Waals surface area contributed by atoms with Crippen LogP contribution in [-0.4, -0.2) is 18.3 Å². The number of benzene rings is 1. The first-order chi connectivity index (χ1) is 14.2. The summed E-state index contributed by atoms with van der Waals surface area (Å²) in [5.74, 6) is -0.552. The number of hydrogen-bond donors (Lipinski definition) is 1. The summed E-state index contributed by atoms with van der Waals surface area (Å²) in [6.45, 7) is 15.4. The first-order valence-corrected chi connectivity index (χ1v) is 10.1. The normalized spacial score (nSPS) is 13.8. The summed E-state index contributed by atoms with van der Waals surface area (Å²) in [5.41, 5.74) is 5.18. The Balaban J connectivity index is 3.95. The van der Waals surface area contributed by atoms with Crippen LogP contribution in [0.25, 0.3) is 0 Å². The predicted molar refractivity (Wildman–Crippen MR) is 124 cm³/mol. The summed E-state index contributed by atoms with van der Waals surface area (Å²) < 4.78 is 5.70. The molecule has 0 saturated carbocycles. The SMILES string of the molecule is C=C/C(C)=C(/C(C)=O)[C@H](/C(=C/C(C)=C\C)C(=N)OCCC)c1ccc(C#N)cc1C. The predicted octanol–water partition coefficient (Wildman–Crippen LogP) is 6.34. The highest BCUT2D eigenvalue weighted by Gasteiger charge is 2.30. The average molecular weight is 405 g/mol. The Morgan fingerprint density at radius 1 is 1.33 bits per heavy atom. The Hall–Kier alpha value is -3.19. The lowest BCUT2D eigenvalue weighted by Crippen LogP contribution is -2.21. The van der Waals surface area contributed by atoms with Crippen molar-refractivity contribution in [2.75, 3.05) is 6.61 Å². The summed E-state index contributed by atoms with van der Waals surface area (Å²) in [6, 6.07) is 7.57. The molecule has 0 aromatic heterocycles. The van der Waals surface area contributed by atoms with Crippen LogP contribution in [0.3, 0.4) is 0 Å². The monoisotopic (exact) mass is 404 g/mol. The molecule has 1 aromatic carbocycles. The van der Waals surface area contributed by atoms with Gasteiger partial charge in [-0.1, -0.05) is 43.4 Å². The molecule has 0 bridgehead atoms. The van der Waals surface area contributed by atoms with Crippen LogP contribution in [0, 0.1) is 23.7 Å². The van der Waals surface area contributed by atoms with Crippen molar-refractivity contribution in [3.63, 3.8) is 0 Å². The van der Waals surface area contributed by atoms with Crippen molar-refractivity contribution < 1.29 is 9.53 Å². The van der Waals surface area contributed by atoms with E-state index in [4.69, 9.17) is 10.1 Å². The molecule has 4 nitrogen and oxygen atoms in total. The van der Waals surface area contributed by atoms with Crippen molar-refractivity contribution in [3.05, 3.63) is 82.0 Å². The Kier molecular flexibility index (Phi) is 9.71. The molecule has 0 radical (unpaired) electrons. The van der Waals surface area contributed by atoms with Crippen LogP contribution in [0.4, 0.5) is 0 Å². The van der Waals surface area contributed by atoms with Crippen molar-refractivity contribution in [1.82, 2.24) is 0 Å². The summed E-state index contributed by atoms with van der Waals surface area (Å²) in [4.78, 5) is 12.8. The topological polar surface area (TPSA) is 73.9 Å². The number of carbonyl (C=O) groups excluding carboxylic acids is 1. The molecule has 1 rings (SSSR count). The van der Waals surface area contributed by atoms with E-state index in [0.29, 0.717) is 23.3 Å². The molecule has 0 aliphatic rings. The van der Waals surface area contributed by atoms with Gasteiger partial charge in [-0.3, -0.25) is 10.2 Å². The molecule has 1 atom stereocenters. The zero-order valence-corrected chi connectivity index (χ0v) is 18.9. The maximum atomic E-state index is 12.8. The minimum atomic E-state index is -0.507. The molecule has 0 heterocycles. The highest BCUT2D eigenvalue weighted by molar-refractivity contribution is 6.02. The largest absolute Gasteiger partial charge is 0.478 e. The molecule has 0 aliphatic carbocycles. The van der Waals surface area contributed by atoms with E-state index in [9.17, 15) is 10.1 Å². The van der Waals surface area contributed by atoms with Crippen LogP contribution in [0.5, 0.6) is 0 Å². The van der Waals surface area contributed by atoms with Crippen LogP contribution < -0.4 is 0 Å². The minimum absolute atomic E-state index is 0.0439. The number of nitrogens with zero attached hydrogens (tertiary/aromatic N) is 1. The first kappa shape index (κ1) is 24.8. The molecule has 158 valence electrons. The van der Waals surface area contributed by atoms with Gasteiger partial charge in [-0.2, -0.15) is 5.26 Å². The third kappa shape index (κ3) is 6.15. The van der Waals surface area contributed by atoms with Gasteiger partial charge in [-0.05, 0) is 69.9 Å². The van der Waals surface area contributed by atoms with Gasteiger partial charge >= 0.3 is 0 Å². The fraction of sp³-hybridized carbons (Fsp3) is 0.346. The van der Waals surface area contributed by atoms with E-state index >= 15 is 0 Å². The Bertz CT molecular complexity index is 956. The molecular weight excluding hydrogens is 372 g/mol. The lowest BCUT2D eigenvalue weighted by atomic mass is 9.78. The minimum Gasteiger partial charge on any atom is -0.478 e. The molecule has 1 N–H and O–H groups in total. The molecule has 0 amide bonds. The third-order valence-corrected chi connectivity index (χ3v) is 4.97. The van der Waals surface area contributed by atoms with Crippen LogP contribution in [0.15, 0.2) is 65.3 Å². The molecule has 0 aliphatic heterocycles. The van der Waals surface area contributed by atoms with Crippen molar-refractivity contribution in [3.8, 4) is 6.07 Å². The van der Waals surface area contributed by atoms with Crippen molar-refractivity contribution in [2.45, 2.75) is 53.9 Å². The van der Waals surface area contributed by atoms with Crippen LogP contribution in [0.2, 0.25) is 0 Å². The molecule has 1 aromatic rings. The highest BCUT2D eigenvalue weighted by Crippen LogP contribution is 2.38. The molecule has 0 fully saturated rings. The van der Waals surface area contributed by atoms with Crippen molar-refractivity contribution in [2.24, 2.45) is 0 Å². The van der Waals surface area contributed by atoms with Gasteiger partial charge < -0.3 is 4.74 Å². The number of aryl methyl sites for hydroxylation is 1. The number of nitrogens with one attached hydrogen (secondary N) is 1. The molecule has 0 saturated heterocycles. The molecule has 30 heavy (non-hydrogen) atoms. The number of ketones is 1. The number of hydrogen-bond acceptors (Lipinski definition) is 4. The second-order valence-electron chi connectivity index (χ2n) is 7.28. The van der Waals surface area contributed by atoms with E-state index in [1.165, 1.54) is 6.92 Å². The van der Waals surface area contributed by atoms with Gasteiger partial charge in [0.15, 0.2) is 5.78 Å². The smallest absolute Gasteiger partial charge is 0.209 e. The van der Waals surface area contributed by atoms with Gasteiger partial charge in [0.25, 0.3) is 0 Å². The maximum Gasteiger partial charge on any atom is 0.209 e. The number of allylic oxidation sites excluding steroid dienone is 6. The molecule has 0 unspecified atom stereocenters. The van der Waals surface area contributed by atoms with E-state index in [2.05, 4.69) is 12.6 Å². The summed E-state index contributed by atoms with van der Waals surface area (Å²) in [5, 5.41) is 17.9. The molecule has 4 heteroatoms. The lowest BCUT2D eigenvalue weighted by molar-refractivity contribution is -0.113. The zero-order chi connectivity index (χ0) is 22.8. The van der Waals surface area contributed by atoms with E-state index < -0.39 is 5.92 Å². The average Bonchev–Trinajstić information content (AvgIpc) is 2.73. The molecule has 0 spiro atoms. The standard InChI is InChI=1S/C26H32N2O2/c1-8-13-30-26(28)23(14-17(4)9-2)25(24(20(7)29)18(5)10-3)22-12-11-21(16-27)15-19(22)6/h9-12,14-15,25,28H,3,8,13H2,1-2,4-7H3/b17-9-,23-14-,24-18-,28-26?/t25-/m0/s1. The highest BCUT2D eigenvalue weighted by atomic mass is 16.5. The Morgan fingerprint density at radius 3 is 2.47 bits per heavy atom. The van der Waals surface area contributed by atoms with Crippen molar-refractivity contribution in [1.29, 1.82) is 10.7 Å². The number of Topliss-reactive ketones (excluding diaryl/α,β-unsaturated/α-hetero) is 1. The van der Waals surface area contributed by atoms with Crippen molar-refractivity contribution >= 4 is 11.7 Å². The number of nitriles is 1. The van der Waals surface area contributed by atoms with E-state index in [-0.39, 0.29) is 11.7 Å². The van der Waals surface area contributed by atoms with E-state index in [1.807, 2.05) is 52.8 Å². The van der Waals surface area contributed by atoms with Crippen LogP contribution in [-0.2, 0) is 9.53 Å². The summed E-state index contributed by atoms with van der Waals surface area (Å²) in [6.07, 6.45) is 6.30. The van der Waals surface area contributed by atoms with Gasteiger partial charge in [0.2, 0.25) is 5.90 Å². The zero-order valence-electron chi connectivity index (χ0n) is 18.9. The second-order valence-corrected chi connectivity index (χ2v) is 7.28. The Morgan fingerprint density at radius 2 is 2.00 bits per heavy atom. The fourth-order valence-electron chi connectivity index (χ4n) is 3.26. The maximum absolute atomic E-state index is 12.8. The third-order valence-electron chi connectivity index (χ3n) is 4.97. The van der Waals surface area contributed by atoms with E-state index in [1.54, 1.807) is 18.2 Å². The van der Waals surface area contributed by atoms with Crippen LogP contribution >= 0.6 is 0 Å². The van der Waals surface area contributed by atoms with Gasteiger partial charge in [0, 0.05) is 17.1 Å².